The molecule has 0 unspecified atom stereocenters. The standard InChI is InChI=1S/C20H23N5O/c1-23-20(24-10-5-6-11-24)18(14-22-23)19(26)21-13-16-9-12-25(15-16)17-7-3-2-4-8-17/h2-8,10-11,14,16H,9,12-13,15H2,1H3,(H,21,26)/t16-/m0/s1. The predicted octanol–water partition coefficient (Wildman–Crippen LogP) is 2.47. The number of anilines is 1. The Morgan fingerprint density at radius 1 is 1.19 bits per heavy atom. The first-order chi connectivity index (χ1) is 12.7. The number of aromatic nitrogens is 3. The topological polar surface area (TPSA) is 55.1 Å². The molecule has 6 nitrogen and oxygen atoms in total. The summed E-state index contributed by atoms with van der Waals surface area (Å²) in [5, 5.41) is 7.35. The smallest absolute Gasteiger partial charge is 0.256 e. The van der Waals surface area contributed by atoms with Gasteiger partial charge < -0.3 is 14.8 Å². The number of carbonyl (C=O) groups is 1. The highest BCUT2D eigenvalue weighted by Crippen LogP contribution is 2.23. The van der Waals surface area contributed by atoms with Crippen molar-refractivity contribution in [2.24, 2.45) is 13.0 Å². The number of aryl methyl sites for hydroxylation is 1. The Labute approximate surface area is 153 Å². The molecule has 1 saturated heterocycles. The largest absolute Gasteiger partial charge is 0.371 e. The first-order valence-electron chi connectivity index (χ1n) is 8.96. The number of para-hydroxylation sites is 1. The van der Waals surface area contributed by atoms with Crippen molar-refractivity contribution in [3.63, 3.8) is 0 Å². The van der Waals surface area contributed by atoms with Gasteiger partial charge in [0.1, 0.15) is 11.4 Å². The third kappa shape index (κ3) is 3.22. The van der Waals surface area contributed by atoms with E-state index in [1.807, 2.05) is 42.2 Å². The zero-order valence-electron chi connectivity index (χ0n) is 14.9. The SMILES string of the molecule is Cn1ncc(C(=O)NC[C@@H]2CCN(c3ccccc3)C2)c1-n1cccc1. The van der Waals surface area contributed by atoms with Gasteiger partial charge in [0.2, 0.25) is 0 Å². The van der Waals surface area contributed by atoms with Crippen molar-refractivity contribution in [1.29, 1.82) is 0 Å². The zero-order chi connectivity index (χ0) is 17.9. The molecule has 2 aromatic heterocycles. The van der Waals surface area contributed by atoms with E-state index >= 15 is 0 Å². The van der Waals surface area contributed by atoms with Gasteiger partial charge in [-0.3, -0.25) is 9.48 Å². The molecule has 26 heavy (non-hydrogen) atoms. The lowest BCUT2D eigenvalue weighted by Crippen LogP contribution is -2.31. The Morgan fingerprint density at radius 3 is 2.73 bits per heavy atom. The summed E-state index contributed by atoms with van der Waals surface area (Å²) in [7, 11) is 1.85. The van der Waals surface area contributed by atoms with E-state index < -0.39 is 0 Å². The molecule has 3 heterocycles. The van der Waals surface area contributed by atoms with Crippen LogP contribution in [0, 0.1) is 5.92 Å². The minimum Gasteiger partial charge on any atom is -0.371 e. The van der Waals surface area contributed by atoms with Crippen molar-refractivity contribution in [3.05, 3.63) is 66.6 Å². The normalized spacial score (nSPS) is 16.8. The summed E-state index contributed by atoms with van der Waals surface area (Å²) >= 11 is 0. The first kappa shape index (κ1) is 16.4. The zero-order valence-corrected chi connectivity index (χ0v) is 14.9. The van der Waals surface area contributed by atoms with Crippen LogP contribution in [-0.4, -0.2) is 39.9 Å². The third-order valence-electron chi connectivity index (χ3n) is 4.96. The lowest BCUT2D eigenvalue weighted by molar-refractivity contribution is 0.0948. The highest BCUT2D eigenvalue weighted by Gasteiger charge is 2.24. The monoisotopic (exact) mass is 349 g/mol. The van der Waals surface area contributed by atoms with Gasteiger partial charge in [-0.1, -0.05) is 18.2 Å². The Kier molecular flexibility index (Phi) is 4.48. The van der Waals surface area contributed by atoms with Gasteiger partial charge in [0.05, 0.1) is 6.20 Å². The number of amides is 1. The van der Waals surface area contributed by atoms with Crippen LogP contribution in [0.1, 0.15) is 16.8 Å². The number of benzene rings is 1. The van der Waals surface area contributed by atoms with Crippen molar-refractivity contribution in [3.8, 4) is 5.82 Å². The summed E-state index contributed by atoms with van der Waals surface area (Å²) in [6, 6.07) is 14.3. The molecule has 0 radical (unpaired) electrons. The number of rotatable bonds is 5. The fourth-order valence-corrected chi connectivity index (χ4v) is 3.58. The number of hydrogen-bond acceptors (Lipinski definition) is 3. The summed E-state index contributed by atoms with van der Waals surface area (Å²) in [4.78, 5) is 15.1. The van der Waals surface area contributed by atoms with E-state index in [4.69, 9.17) is 0 Å². The molecule has 4 rings (SSSR count). The molecule has 1 atom stereocenters. The minimum absolute atomic E-state index is 0.0695. The third-order valence-corrected chi connectivity index (χ3v) is 4.96. The molecule has 0 saturated carbocycles. The molecule has 0 aliphatic carbocycles. The molecule has 1 aromatic carbocycles. The molecule has 0 spiro atoms. The fourth-order valence-electron chi connectivity index (χ4n) is 3.58. The second kappa shape index (κ2) is 7.07. The van der Waals surface area contributed by atoms with Crippen LogP contribution in [0.15, 0.2) is 61.1 Å². The first-order valence-corrected chi connectivity index (χ1v) is 8.96. The fraction of sp³-hybridized carbons (Fsp3) is 0.300. The number of hydrogen-bond donors (Lipinski definition) is 1. The second-order valence-electron chi connectivity index (χ2n) is 6.74. The highest BCUT2D eigenvalue weighted by atomic mass is 16.1. The quantitative estimate of drug-likeness (QED) is 0.770. The van der Waals surface area contributed by atoms with E-state index in [2.05, 4.69) is 39.6 Å². The molecule has 1 aliphatic rings. The lowest BCUT2D eigenvalue weighted by Gasteiger charge is -2.18. The Bertz CT molecular complexity index is 869. The van der Waals surface area contributed by atoms with Gasteiger partial charge in [0.15, 0.2) is 0 Å². The molecule has 134 valence electrons. The van der Waals surface area contributed by atoms with E-state index in [0.29, 0.717) is 18.0 Å². The Hall–Kier alpha value is -3.02. The van der Waals surface area contributed by atoms with Crippen LogP contribution in [0.5, 0.6) is 0 Å². The van der Waals surface area contributed by atoms with Gasteiger partial charge in [-0.2, -0.15) is 5.10 Å². The summed E-state index contributed by atoms with van der Waals surface area (Å²) in [5.74, 6) is 1.18. The van der Waals surface area contributed by atoms with Crippen molar-refractivity contribution in [1.82, 2.24) is 19.7 Å². The molecule has 1 amide bonds. The van der Waals surface area contributed by atoms with Crippen LogP contribution in [0.2, 0.25) is 0 Å². The molecule has 1 aliphatic heterocycles. The van der Waals surface area contributed by atoms with E-state index in [0.717, 1.165) is 25.3 Å². The van der Waals surface area contributed by atoms with Gasteiger partial charge in [-0.25, -0.2) is 0 Å². The van der Waals surface area contributed by atoms with E-state index in [-0.39, 0.29) is 5.91 Å². The number of nitrogens with zero attached hydrogens (tertiary/aromatic N) is 4. The van der Waals surface area contributed by atoms with Crippen molar-refractivity contribution in [2.75, 3.05) is 24.5 Å². The van der Waals surface area contributed by atoms with Crippen molar-refractivity contribution >= 4 is 11.6 Å². The van der Waals surface area contributed by atoms with Crippen LogP contribution in [0.25, 0.3) is 5.82 Å². The maximum atomic E-state index is 12.7. The summed E-state index contributed by atoms with van der Waals surface area (Å²) < 4.78 is 3.64. The second-order valence-corrected chi connectivity index (χ2v) is 6.74. The van der Waals surface area contributed by atoms with Crippen LogP contribution in [0.3, 0.4) is 0 Å². The molecule has 0 bridgehead atoms. The van der Waals surface area contributed by atoms with Gasteiger partial charge in [-0.15, -0.1) is 0 Å². The van der Waals surface area contributed by atoms with Gasteiger partial charge in [0, 0.05) is 44.8 Å². The average molecular weight is 349 g/mol. The van der Waals surface area contributed by atoms with E-state index in [9.17, 15) is 4.79 Å². The van der Waals surface area contributed by atoms with Gasteiger partial charge in [-0.05, 0) is 36.6 Å². The maximum Gasteiger partial charge on any atom is 0.256 e. The van der Waals surface area contributed by atoms with Crippen molar-refractivity contribution < 1.29 is 4.79 Å². The molecule has 1 fully saturated rings. The summed E-state index contributed by atoms with van der Waals surface area (Å²) in [6.45, 7) is 2.69. The predicted molar refractivity (Wildman–Crippen MR) is 102 cm³/mol. The van der Waals surface area contributed by atoms with Gasteiger partial charge in [0.25, 0.3) is 5.91 Å². The molecule has 1 N–H and O–H groups in total. The number of carbonyl (C=O) groups excluding carboxylic acids is 1. The number of nitrogens with one attached hydrogen (secondary N) is 1. The van der Waals surface area contributed by atoms with Gasteiger partial charge >= 0.3 is 0 Å². The molecular formula is C20H23N5O. The molecule has 6 heteroatoms. The Morgan fingerprint density at radius 2 is 1.96 bits per heavy atom. The van der Waals surface area contributed by atoms with Crippen LogP contribution >= 0.6 is 0 Å². The molecule has 3 aromatic rings. The van der Waals surface area contributed by atoms with Crippen molar-refractivity contribution in [2.45, 2.75) is 6.42 Å². The average Bonchev–Trinajstić information content (AvgIpc) is 3.41. The Balaban J connectivity index is 1.38. The molecular weight excluding hydrogens is 326 g/mol. The minimum atomic E-state index is -0.0695. The summed E-state index contributed by atoms with van der Waals surface area (Å²) in [6.07, 6.45) is 6.56. The maximum absolute atomic E-state index is 12.7. The van der Waals surface area contributed by atoms with E-state index in [1.165, 1.54) is 5.69 Å². The summed E-state index contributed by atoms with van der Waals surface area (Å²) in [5.41, 5.74) is 1.85. The van der Waals surface area contributed by atoms with Crippen LogP contribution in [0.4, 0.5) is 5.69 Å². The lowest BCUT2D eigenvalue weighted by atomic mass is 10.1. The highest BCUT2D eigenvalue weighted by molar-refractivity contribution is 5.97. The van der Waals surface area contributed by atoms with E-state index in [1.54, 1.807) is 10.9 Å². The van der Waals surface area contributed by atoms with Crippen LogP contribution in [-0.2, 0) is 7.05 Å². The van der Waals surface area contributed by atoms with Crippen LogP contribution < -0.4 is 10.2 Å².